The molecule has 0 spiro atoms. The molecule has 0 saturated heterocycles. The number of phenols is 1. The summed E-state index contributed by atoms with van der Waals surface area (Å²) in [5.74, 6) is 0.438. The van der Waals surface area contributed by atoms with Crippen molar-refractivity contribution in [2.75, 3.05) is 6.54 Å². The number of carbonyl (C=O) groups is 1. The third-order valence-corrected chi connectivity index (χ3v) is 3.97. The van der Waals surface area contributed by atoms with Crippen LogP contribution in [0.15, 0.2) is 18.2 Å². The lowest BCUT2D eigenvalue weighted by Gasteiger charge is -2.15. The zero-order valence-electron chi connectivity index (χ0n) is 12.3. The first kappa shape index (κ1) is 14.9. The number of benzene rings is 1. The molecule has 2 atom stereocenters. The Balaban J connectivity index is 1.78. The molecule has 110 valence electrons. The highest BCUT2D eigenvalue weighted by molar-refractivity contribution is 5.76. The summed E-state index contributed by atoms with van der Waals surface area (Å²) in [6.07, 6.45) is 3.49. The van der Waals surface area contributed by atoms with Gasteiger partial charge in [0.25, 0.3) is 0 Å². The van der Waals surface area contributed by atoms with E-state index in [2.05, 4.69) is 17.6 Å². The van der Waals surface area contributed by atoms with Crippen LogP contribution in [0.3, 0.4) is 0 Å². The van der Waals surface area contributed by atoms with E-state index in [9.17, 15) is 9.90 Å². The average molecular weight is 276 g/mol. The van der Waals surface area contributed by atoms with Gasteiger partial charge in [-0.3, -0.25) is 4.79 Å². The van der Waals surface area contributed by atoms with Crippen molar-refractivity contribution in [3.8, 4) is 5.75 Å². The molecule has 1 aliphatic rings. The zero-order chi connectivity index (χ0) is 14.5. The molecule has 0 aromatic heterocycles. The molecule has 4 heteroatoms. The predicted molar refractivity (Wildman–Crippen MR) is 79.7 cm³/mol. The van der Waals surface area contributed by atoms with Gasteiger partial charge in [0.05, 0.1) is 0 Å². The van der Waals surface area contributed by atoms with Gasteiger partial charge in [-0.25, -0.2) is 0 Å². The third-order valence-electron chi connectivity index (χ3n) is 3.97. The molecular weight excluding hydrogens is 252 g/mol. The number of phenolic OH excluding ortho intramolecular Hbond substituents is 1. The first-order valence-electron chi connectivity index (χ1n) is 7.44. The van der Waals surface area contributed by atoms with Gasteiger partial charge in [-0.2, -0.15) is 0 Å². The van der Waals surface area contributed by atoms with E-state index in [1.54, 1.807) is 6.07 Å². The second kappa shape index (κ2) is 6.75. The maximum atomic E-state index is 11.7. The zero-order valence-corrected chi connectivity index (χ0v) is 12.3. The number of aryl methyl sites for hydroxylation is 1. The fraction of sp³-hybridized carbons (Fsp3) is 0.562. The van der Waals surface area contributed by atoms with Gasteiger partial charge in [-0.05, 0) is 49.4 Å². The van der Waals surface area contributed by atoms with Crippen molar-refractivity contribution in [1.29, 1.82) is 0 Å². The van der Waals surface area contributed by atoms with Gasteiger partial charge in [-0.1, -0.05) is 13.0 Å². The second-order valence-electron chi connectivity index (χ2n) is 5.56. The highest BCUT2D eigenvalue weighted by atomic mass is 16.3. The van der Waals surface area contributed by atoms with Gasteiger partial charge in [0.15, 0.2) is 0 Å². The highest BCUT2D eigenvalue weighted by Crippen LogP contribution is 2.33. The average Bonchev–Trinajstić information content (AvgIpc) is 2.81. The molecule has 0 radical (unpaired) electrons. The quantitative estimate of drug-likeness (QED) is 0.747. The number of amides is 1. The normalized spacial score (nSPS) is 18.6. The number of carbonyl (C=O) groups excluding carboxylic acids is 1. The topological polar surface area (TPSA) is 61.4 Å². The highest BCUT2D eigenvalue weighted by Gasteiger charge is 2.22. The number of nitrogens with one attached hydrogen (secondary N) is 2. The summed E-state index contributed by atoms with van der Waals surface area (Å²) in [5.41, 5.74) is 2.47. The van der Waals surface area contributed by atoms with Gasteiger partial charge in [0, 0.05) is 25.0 Å². The maximum Gasteiger partial charge on any atom is 0.221 e. The molecule has 1 amide bonds. The van der Waals surface area contributed by atoms with Crippen molar-refractivity contribution < 1.29 is 9.90 Å². The Morgan fingerprint density at radius 1 is 1.50 bits per heavy atom. The molecule has 3 N–H and O–H groups in total. The van der Waals surface area contributed by atoms with E-state index >= 15 is 0 Å². The van der Waals surface area contributed by atoms with Crippen LogP contribution in [0.2, 0.25) is 0 Å². The Morgan fingerprint density at radius 2 is 2.30 bits per heavy atom. The van der Waals surface area contributed by atoms with Crippen LogP contribution < -0.4 is 10.6 Å². The molecule has 1 aromatic carbocycles. The second-order valence-corrected chi connectivity index (χ2v) is 5.56. The van der Waals surface area contributed by atoms with E-state index in [0.29, 0.717) is 24.8 Å². The fourth-order valence-electron chi connectivity index (χ4n) is 2.62. The van der Waals surface area contributed by atoms with Crippen LogP contribution >= 0.6 is 0 Å². The van der Waals surface area contributed by atoms with Crippen LogP contribution in [-0.2, 0) is 11.2 Å². The minimum Gasteiger partial charge on any atom is -0.508 e. The fourth-order valence-corrected chi connectivity index (χ4v) is 2.62. The van der Waals surface area contributed by atoms with Gasteiger partial charge < -0.3 is 15.7 Å². The van der Waals surface area contributed by atoms with E-state index < -0.39 is 0 Å². The Labute approximate surface area is 120 Å². The number of hydrogen-bond acceptors (Lipinski definition) is 3. The van der Waals surface area contributed by atoms with E-state index in [4.69, 9.17) is 0 Å². The summed E-state index contributed by atoms with van der Waals surface area (Å²) in [5, 5.41) is 15.9. The van der Waals surface area contributed by atoms with Gasteiger partial charge in [0.2, 0.25) is 5.91 Å². The van der Waals surface area contributed by atoms with Crippen molar-refractivity contribution in [3.05, 3.63) is 29.3 Å². The van der Waals surface area contributed by atoms with Gasteiger partial charge in [0.1, 0.15) is 5.75 Å². The van der Waals surface area contributed by atoms with Crippen molar-refractivity contribution in [2.24, 2.45) is 0 Å². The Bertz CT molecular complexity index is 474. The molecular formula is C16H24N2O2. The first-order chi connectivity index (χ1) is 9.60. The molecule has 0 heterocycles. The van der Waals surface area contributed by atoms with Crippen molar-refractivity contribution in [2.45, 2.75) is 51.6 Å². The third kappa shape index (κ3) is 3.73. The van der Waals surface area contributed by atoms with Crippen LogP contribution in [0, 0.1) is 0 Å². The molecule has 0 aliphatic heterocycles. The summed E-state index contributed by atoms with van der Waals surface area (Å²) < 4.78 is 0. The minimum absolute atomic E-state index is 0.107. The van der Waals surface area contributed by atoms with Gasteiger partial charge >= 0.3 is 0 Å². The number of rotatable bonds is 6. The molecule has 2 rings (SSSR count). The molecule has 1 aromatic rings. The summed E-state index contributed by atoms with van der Waals surface area (Å²) in [6.45, 7) is 4.77. The lowest BCUT2D eigenvalue weighted by Crippen LogP contribution is -2.34. The number of aromatic hydroxyl groups is 1. The van der Waals surface area contributed by atoms with Gasteiger partial charge in [-0.15, -0.1) is 0 Å². The molecule has 4 nitrogen and oxygen atoms in total. The molecule has 20 heavy (non-hydrogen) atoms. The molecule has 0 saturated carbocycles. The number of hydrogen-bond donors (Lipinski definition) is 3. The smallest absolute Gasteiger partial charge is 0.221 e. The van der Waals surface area contributed by atoms with Crippen LogP contribution in [-0.4, -0.2) is 23.6 Å². The monoisotopic (exact) mass is 276 g/mol. The Hall–Kier alpha value is -1.55. The summed E-state index contributed by atoms with van der Waals surface area (Å²) in [7, 11) is 0. The molecule has 2 unspecified atom stereocenters. The standard InChI is InChI=1S/C16H24N2O2/c1-3-11(2)18-16(20)8-9-17-15-7-4-12-10-13(19)5-6-14(12)15/h5-6,10-11,15,17,19H,3-4,7-9H2,1-2H3,(H,18,20). The van der Waals surface area contributed by atoms with Crippen LogP contribution in [0.5, 0.6) is 5.75 Å². The predicted octanol–water partition coefficient (Wildman–Crippen LogP) is 2.27. The lowest BCUT2D eigenvalue weighted by molar-refractivity contribution is -0.121. The van der Waals surface area contributed by atoms with Crippen LogP contribution in [0.4, 0.5) is 0 Å². The van der Waals surface area contributed by atoms with Crippen molar-refractivity contribution in [3.63, 3.8) is 0 Å². The Kier molecular flexibility index (Phi) is 5.01. The van der Waals surface area contributed by atoms with E-state index in [1.807, 2.05) is 19.1 Å². The van der Waals surface area contributed by atoms with E-state index in [0.717, 1.165) is 19.3 Å². The molecule has 1 aliphatic carbocycles. The summed E-state index contributed by atoms with van der Waals surface area (Å²) in [4.78, 5) is 11.7. The van der Waals surface area contributed by atoms with Crippen molar-refractivity contribution in [1.82, 2.24) is 10.6 Å². The maximum absolute atomic E-state index is 11.7. The van der Waals surface area contributed by atoms with E-state index in [1.165, 1.54) is 11.1 Å². The lowest BCUT2D eigenvalue weighted by atomic mass is 10.1. The van der Waals surface area contributed by atoms with Crippen LogP contribution in [0.1, 0.15) is 50.3 Å². The first-order valence-corrected chi connectivity index (χ1v) is 7.44. The molecule has 0 bridgehead atoms. The number of fused-ring (bicyclic) bond motifs is 1. The largest absolute Gasteiger partial charge is 0.508 e. The summed E-state index contributed by atoms with van der Waals surface area (Å²) in [6, 6.07) is 6.11. The van der Waals surface area contributed by atoms with Crippen molar-refractivity contribution >= 4 is 5.91 Å². The summed E-state index contributed by atoms with van der Waals surface area (Å²) >= 11 is 0. The SMILES string of the molecule is CCC(C)NC(=O)CCNC1CCc2cc(O)ccc21. The van der Waals surface area contributed by atoms with E-state index in [-0.39, 0.29) is 11.9 Å². The van der Waals surface area contributed by atoms with Crippen LogP contribution in [0.25, 0.3) is 0 Å². The minimum atomic E-state index is 0.107. The Morgan fingerprint density at radius 3 is 3.05 bits per heavy atom. The molecule has 0 fully saturated rings.